The van der Waals surface area contributed by atoms with Crippen molar-refractivity contribution in [1.29, 1.82) is 0 Å². The Morgan fingerprint density at radius 3 is 1.59 bits per heavy atom. The molecule has 0 aromatic rings. The average molecular weight is 373 g/mol. The zero-order valence-electron chi connectivity index (χ0n) is 20.5. The normalized spacial score (nSPS) is 14.0. The third-order valence-electron chi connectivity index (χ3n) is 5.75. The van der Waals surface area contributed by atoms with Gasteiger partial charge in [-0.25, -0.2) is 0 Å². The monoisotopic (exact) mass is 372 g/mol. The molecule has 0 amide bonds. The topological polar surface area (TPSA) is 0 Å². The van der Waals surface area contributed by atoms with Crippen LogP contribution in [-0.2, 0) is 0 Å². The molecule has 0 unspecified atom stereocenters. The van der Waals surface area contributed by atoms with Gasteiger partial charge in [0.2, 0.25) is 0 Å². The third kappa shape index (κ3) is 11.9. The molecule has 0 fully saturated rings. The fourth-order valence-electron chi connectivity index (χ4n) is 2.40. The van der Waals surface area contributed by atoms with Crippen LogP contribution < -0.4 is 0 Å². The molecule has 0 spiro atoms. The van der Waals surface area contributed by atoms with Gasteiger partial charge >= 0.3 is 0 Å². The van der Waals surface area contributed by atoms with Crippen LogP contribution in [0.2, 0.25) is 0 Å². The first kappa shape index (κ1) is 27.9. The first-order valence-electron chi connectivity index (χ1n) is 10.7. The van der Waals surface area contributed by atoms with Gasteiger partial charge in [0.1, 0.15) is 0 Å². The van der Waals surface area contributed by atoms with Gasteiger partial charge in [-0.05, 0) is 87.7 Å². The molecule has 0 N–H and O–H groups in total. The van der Waals surface area contributed by atoms with Crippen LogP contribution in [0.5, 0.6) is 0 Å². The van der Waals surface area contributed by atoms with E-state index < -0.39 is 0 Å². The van der Waals surface area contributed by atoms with E-state index in [0.717, 1.165) is 17.6 Å². The third-order valence-corrected chi connectivity index (χ3v) is 5.75. The number of hydrogen-bond acceptors (Lipinski definition) is 0. The maximum absolute atomic E-state index is 4.12. The zero-order chi connectivity index (χ0) is 21.8. The second-order valence-electron chi connectivity index (χ2n) is 8.82. The van der Waals surface area contributed by atoms with Crippen LogP contribution in [0.15, 0.2) is 58.2 Å². The SMILES string of the molecule is C=C(C)\C(C)=C(C)/C(CCC(C)(C)CC)=C(C)/C=C(\C)C(=C)C.CCCC. The summed E-state index contributed by atoms with van der Waals surface area (Å²) in [6, 6.07) is 0. The van der Waals surface area contributed by atoms with Gasteiger partial charge in [0.05, 0.1) is 0 Å². The minimum atomic E-state index is 0.385. The van der Waals surface area contributed by atoms with Crippen LogP contribution in [0.1, 0.15) is 108 Å². The van der Waals surface area contributed by atoms with Crippen LogP contribution in [0.25, 0.3) is 0 Å². The smallest absolute Gasteiger partial charge is 0.0268 e. The maximum atomic E-state index is 4.12. The van der Waals surface area contributed by atoms with E-state index in [1.54, 1.807) is 0 Å². The van der Waals surface area contributed by atoms with E-state index in [1.807, 2.05) is 0 Å². The number of rotatable bonds is 9. The molecule has 0 saturated heterocycles. The van der Waals surface area contributed by atoms with E-state index in [0.29, 0.717) is 5.41 Å². The van der Waals surface area contributed by atoms with Crippen molar-refractivity contribution in [2.75, 3.05) is 0 Å². The molecular formula is C27H48. The molecule has 0 aliphatic rings. The van der Waals surface area contributed by atoms with Crippen LogP contribution in [0, 0.1) is 5.41 Å². The van der Waals surface area contributed by atoms with Gasteiger partial charge in [0, 0.05) is 0 Å². The molecular weight excluding hydrogens is 324 g/mol. The Bertz CT molecular complexity index is 571. The van der Waals surface area contributed by atoms with Gasteiger partial charge in [-0.2, -0.15) is 0 Å². The highest BCUT2D eigenvalue weighted by Crippen LogP contribution is 2.33. The van der Waals surface area contributed by atoms with Crippen molar-refractivity contribution in [2.24, 2.45) is 5.41 Å². The largest absolute Gasteiger partial charge is 0.0958 e. The quantitative estimate of drug-likeness (QED) is 0.353. The number of allylic oxidation sites excluding steroid dienone is 8. The lowest BCUT2D eigenvalue weighted by atomic mass is 9.81. The molecule has 0 rings (SSSR count). The Labute approximate surface area is 172 Å². The van der Waals surface area contributed by atoms with Crippen LogP contribution in [-0.4, -0.2) is 0 Å². The van der Waals surface area contributed by atoms with Crippen molar-refractivity contribution in [2.45, 2.75) is 108 Å². The van der Waals surface area contributed by atoms with E-state index in [4.69, 9.17) is 0 Å². The lowest BCUT2D eigenvalue weighted by Crippen LogP contribution is -2.10. The van der Waals surface area contributed by atoms with Crippen molar-refractivity contribution >= 4 is 0 Å². The lowest BCUT2D eigenvalue weighted by Gasteiger charge is -2.25. The molecule has 0 aromatic heterocycles. The summed E-state index contributed by atoms with van der Waals surface area (Å²) in [4.78, 5) is 0. The highest BCUT2D eigenvalue weighted by Gasteiger charge is 2.17. The summed E-state index contributed by atoms with van der Waals surface area (Å²) in [5.74, 6) is 0. The Hall–Kier alpha value is -1.30. The van der Waals surface area contributed by atoms with Gasteiger partial charge in [-0.3, -0.25) is 0 Å². The second kappa shape index (κ2) is 13.8. The van der Waals surface area contributed by atoms with Crippen LogP contribution >= 0.6 is 0 Å². The highest BCUT2D eigenvalue weighted by molar-refractivity contribution is 5.47. The number of hydrogen-bond donors (Lipinski definition) is 0. The molecule has 0 aliphatic heterocycles. The summed E-state index contributed by atoms with van der Waals surface area (Å²) in [6.07, 6.45) is 8.45. The summed E-state index contributed by atoms with van der Waals surface area (Å²) < 4.78 is 0. The van der Waals surface area contributed by atoms with Crippen LogP contribution in [0.3, 0.4) is 0 Å². The standard InChI is InChI=1S/C23H38.C4H10/c1-12-23(10,11)14-13-22(21(9)20(8)17(4)5)19(7)15-18(6)16(2)3;1-3-4-2/h15H,2,4,12-14H2,1,3,5-11H3;3-4H2,1-2H3/b18-15+,21-20-,22-19+;. The molecule has 0 saturated carbocycles. The van der Waals surface area contributed by atoms with Crippen LogP contribution in [0.4, 0.5) is 0 Å². The van der Waals surface area contributed by atoms with Gasteiger partial charge < -0.3 is 0 Å². The van der Waals surface area contributed by atoms with Crippen molar-refractivity contribution in [3.05, 3.63) is 58.2 Å². The van der Waals surface area contributed by atoms with Gasteiger partial charge in [0.25, 0.3) is 0 Å². The predicted octanol–water partition coefficient (Wildman–Crippen LogP) is 9.76. The molecule has 0 aliphatic carbocycles. The first-order valence-corrected chi connectivity index (χ1v) is 10.7. The van der Waals surface area contributed by atoms with Crippen molar-refractivity contribution < 1.29 is 0 Å². The molecule has 0 heterocycles. The Morgan fingerprint density at radius 1 is 0.778 bits per heavy atom. The molecule has 0 atom stereocenters. The molecule has 0 bridgehead atoms. The number of unbranched alkanes of at least 4 members (excludes halogenated alkanes) is 1. The Kier molecular flexibility index (Phi) is 14.3. The minimum Gasteiger partial charge on any atom is -0.0958 e. The Balaban J connectivity index is 0. The summed E-state index contributed by atoms with van der Waals surface area (Å²) in [5, 5.41) is 0. The highest BCUT2D eigenvalue weighted by atomic mass is 14.2. The predicted molar refractivity (Wildman–Crippen MR) is 128 cm³/mol. The summed E-state index contributed by atoms with van der Waals surface area (Å²) in [5.41, 5.74) is 9.45. The Morgan fingerprint density at radius 2 is 1.26 bits per heavy atom. The van der Waals surface area contributed by atoms with E-state index in [9.17, 15) is 0 Å². The van der Waals surface area contributed by atoms with Gasteiger partial charge in [0.15, 0.2) is 0 Å². The average Bonchev–Trinajstić information content (AvgIpc) is 2.60. The molecule has 0 heteroatoms. The van der Waals surface area contributed by atoms with E-state index in [-0.39, 0.29) is 0 Å². The molecule has 0 aromatic carbocycles. The fraction of sp³-hybridized carbons (Fsp3) is 0.630. The summed E-state index contributed by atoms with van der Waals surface area (Å²) in [7, 11) is 0. The summed E-state index contributed by atoms with van der Waals surface area (Å²) >= 11 is 0. The maximum Gasteiger partial charge on any atom is -0.0268 e. The van der Waals surface area contributed by atoms with Gasteiger partial charge in [-0.1, -0.05) is 84.3 Å². The van der Waals surface area contributed by atoms with E-state index >= 15 is 0 Å². The van der Waals surface area contributed by atoms with Crippen molar-refractivity contribution in [1.82, 2.24) is 0 Å². The summed E-state index contributed by atoms with van der Waals surface area (Å²) in [6.45, 7) is 32.5. The fourth-order valence-corrected chi connectivity index (χ4v) is 2.40. The van der Waals surface area contributed by atoms with Crippen molar-refractivity contribution in [3.8, 4) is 0 Å². The molecule has 0 nitrogen and oxygen atoms in total. The van der Waals surface area contributed by atoms with E-state index in [2.05, 4.69) is 95.4 Å². The lowest BCUT2D eigenvalue weighted by molar-refractivity contribution is 0.322. The van der Waals surface area contributed by atoms with Gasteiger partial charge in [-0.15, -0.1) is 0 Å². The molecule has 0 radical (unpaired) electrons. The van der Waals surface area contributed by atoms with E-state index in [1.165, 1.54) is 53.5 Å². The molecule has 156 valence electrons. The zero-order valence-corrected chi connectivity index (χ0v) is 20.5. The minimum absolute atomic E-state index is 0.385. The second-order valence-corrected chi connectivity index (χ2v) is 8.82. The van der Waals surface area contributed by atoms with Crippen molar-refractivity contribution in [3.63, 3.8) is 0 Å². The molecule has 27 heavy (non-hydrogen) atoms. The first-order chi connectivity index (χ1) is 12.3.